The number of ether oxygens (including phenoxy) is 4. The molecule has 1 N–H and O–H groups in total. The van der Waals surface area contributed by atoms with E-state index in [1.165, 1.54) is 21.6 Å². The lowest BCUT2D eigenvalue weighted by molar-refractivity contribution is -0.175. The summed E-state index contributed by atoms with van der Waals surface area (Å²) in [6.45, 7) is 9.61. The second kappa shape index (κ2) is 13.0. The van der Waals surface area contributed by atoms with Gasteiger partial charge >= 0.3 is 18.1 Å². The highest BCUT2D eigenvalue weighted by atomic mass is 33.1. The van der Waals surface area contributed by atoms with Gasteiger partial charge in [-0.25, -0.2) is 14.6 Å². The molecular weight excluding hydrogens is 620 g/mol. The van der Waals surface area contributed by atoms with Crippen LogP contribution in [0.1, 0.15) is 69.7 Å². The molecule has 4 heterocycles. The number of cyclic esters (lactones) is 1. The smallest absolute Gasteiger partial charge is 0.508 e. The summed E-state index contributed by atoms with van der Waals surface area (Å²) >= 11 is 0. The van der Waals surface area contributed by atoms with Crippen LogP contribution in [0.2, 0.25) is 0 Å². The Balaban J connectivity index is 1.37. The monoisotopic (exact) mass is 656 g/mol. The van der Waals surface area contributed by atoms with Gasteiger partial charge in [-0.05, 0) is 56.5 Å². The molecule has 0 aliphatic carbocycles. The third kappa shape index (κ3) is 6.24. The molecule has 2 aromatic heterocycles. The number of nitrogens with zero attached hydrogens (tertiary/aromatic N) is 2. The molecule has 0 fully saturated rings. The van der Waals surface area contributed by atoms with Gasteiger partial charge in [-0.15, -0.1) is 0 Å². The molecule has 240 valence electrons. The Morgan fingerprint density at radius 3 is 2.62 bits per heavy atom. The molecule has 11 nitrogen and oxygen atoms in total. The van der Waals surface area contributed by atoms with Crippen LogP contribution in [0, 0.1) is 0 Å². The molecule has 0 amide bonds. The summed E-state index contributed by atoms with van der Waals surface area (Å²) in [5.74, 6) is -0.485. The predicted molar refractivity (Wildman–Crippen MR) is 171 cm³/mol. The summed E-state index contributed by atoms with van der Waals surface area (Å²) in [6.07, 6.45) is -0.0692. The van der Waals surface area contributed by atoms with Crippen molar-refractivity contribution in [2.45, 2.75) is 77.4 Å². The molecule has 0 unspecified atom stereocenters. The van der Waals surface area contributed by atoms with Crippen LogP contribution in [0.15, 0.2) is 29.1 Å². The van der Waals surface area contributed by atoms with E-state index in [4.69, 9.17) is 23.9 Å². The molecule has 5 rings (SSSR count). The van der Waals surface area contributed by atoms with Crippen molar-refractivity contribution in [3.63, 3.8) is 0 Å². The fourth-order valence-electron chi connectivity index (χ4n) is 5.62. The number of benzene rings is 1. The number of aromatic nitrogens is 2. The molecule has 0 saturated carbocycles. The molecule has 0 saturated heterocycles. The third-order valence-corrected chi connectivity index (χ3v) is 11.1. The van der Waals surface area contributed by atoms with Crippen molar-refractivity contribution >= 4 is 50.6 Å². The number of carbonyl (C=O) groups excluding carboxylic acids is 3. The number of fused-ring (bicyclic) bond motifs is 5. The second-order valence-electron chi connectivity index (χ2n) is 11.4. The molecule has 1 aromatic carbocycles. The number of rotatable bonds is 11. The molecule has 45 heavy (non-hydrogen) atoms. The summed E-state index contributed by atoms with van der Waals surface area (Å²) in [5, 5.41) is 10.9. The molecule has 0 bridgehead atoms. The highest BCUT2D eigenvalue weighted by molar-refractivity contribution is 8.77. The van der Waals surface area contributed by atoms with Crippen molar-refractivity contribution in [3.05, 3.63) is 56.9 Å². The maximum atomic E-state index is 13.8. The van der Waals surface area contributed by atoms with Gasteiger partial charge in [0, 0.05) is 28.7 Å². The van der Waals surface area contributed by atoms with E-state index in [0.717, 1.165) is 16.5 Å². The van der Waals surface area contributed by atoms with Gasteiger partial charge in [0.05, 0.1) is 33.8 Å². The van der Waals surface area contributed by atoms with Crippen LogP contribution >= 0.6 is 21.6 Å². The Hall–Kier alpha value is -3.71. The van der Waals surface area contributed by atoms with Gasteiger partial charge in [-0.3, -0.25) is 9.59 Å². The largest absolute Gasteiger partial charge is 0.509 e. The minimum Gasteiger partial charge on any atom is -0.508 e. The second-order valence-corrected chi connectivity index (χ2v) is 14.5. The van der Waals surface area contributed by atoms with Gasteiger partial charge in [0.1, 0.15) is 25.6 Å². The topological polar surface area (TPSA) is 143 Å². The van der Waals surface area contributed by atoms with Crippen molar-refractivity contribution in [1.82, 2.24) is 9.55 Å². The van der Waals surface area contributed by atoms with Crippen LogP contribution in [0.25, 0.3) is 22.3 Å². The fourth-order valence-corrected chi connectivity index (χ4v) is 7.84. The van der Waals surface area contributed by atoms with E-state index in [-0.39, 0.29) is 65.9 Å². The summed E-state index contributed by atoms with van der Waals surface area (Å²) in [7, 11) is 2.95. The lowest BCUT2D eigenvalue weighted by Gasteiger charge is -2.35. The van der Waals surface area contributed by atoms with Crippen molar-refractivity contribution < 1.29 is 38.4 Å². The number of hydrogen-bond donors (Lipinski definition) is 1. The number of aryl methyl sites for hydroxylation is 1. The first-order chi connectivity index (χ1) is 21.4. The number of pyridine rings is 2. The molecule has 2 aliphatic rings. The third-order valence-electron chi connectivity index (χ3n) is 7.91. The molecule has 1 atom stereocenters. The maximum absolute atomic E-state index is 13.8. The number of esters is 2. The average molecular weight is 657 g/mol. The normalized spacial score (nSPS) is 16.9. The standard InChI is InChI=1S/C32H36N2O9S2/c1-6-19-20-13-18(35)9-10-24(20)33-27-21(19)15-34-25(27)14-23-22(28(34)37)16-41-29(38)32(23,8-3)43-30(39)40-11-12-44-45-31(4,5)17-42-26(36)7-2/h9-10,13-14,35H,6-8,11-12,15-17H2,1-5H3/t32-/m0/s1. The van der Waals surface area contributed by atoms with Crippen molar-refractivity contribution in [1.29, 1.82) is 0 Å². The lowest BCUT2D eigenvalue weighted by Crippen LogP contribution is -2.47. The first-order valence-corrected chi connectivity index (χ1v) is 17.2. The number of aromatic hydroxyl groups is 1. The Morgan fingerprint density at radius 2 is 1.91 bits per heavy atom. The minimum absolute atomic E-state index is 0.00951. The summed E-state index contributed by atoms with van der Waals surface area (Å²) < 4.78 is 22.9. The molecule has 3 aromatic rings. The molecule has 0 radical (unpaired) electrons. The highest BCUT2D eigenvalue weighted by Crippen LogP contribution is 2.42. The molecule has 0 spiro atoms. The van der Waals surface area contributed by atoms with E-state index >= 15 is 0 Å². The first-order valence-electron chi connectivity index (χ1n) is 14.9. The predicted octanol–water partition coefficient (Wildman–Crippen LogP) is 5.62. The van der Waals surface area contributed by atoms with Gasteiger partial charge in [-0.2, -0.15) is 0 Å². The van der Waals surface area contributed by atoms with Crippen molar-refractivity contribution in [2.24, 2.45) is 0 Å². The zero-order valence-electron chi connectivity index (χ0n) is 25.9. The lowest BCUT2D eigenvalue weighted by atomic mass is 9.85. The molecular formula is C32H36N2O9S2. The minimum atomic E-state index is -1.87. The van der Waals surface area contributed by atoms with Gasteiger partial charge in [0.15, 0.2) is 0 Å². The molecule has 2 aliphatic heterocycles. The van der Waals surface area contributed by atoms with Gasteiger partial charge < -0.3 is 28.6 Å². The number of phenols is 1. The van der Waals surface area contributed by atoms with E-state index in [1.54, 1.807) is 42.7 Å². The Bertz CT molecular complexity index is 1740. The summed E-state index contributed by atoms with van der Waals surface area (Å²) in [6, 6.07) is 6.68. The zero-order valence-corrected chi connectivity index (χ0v) is 27.5. The Kier molecular flexibility index (Phi) is 9.41. The quantitative estimate of drug-likeness (QED) is 0.0926. The highest BCUT2D eigenvalue weighted by Gasteiger charge is 2.51. The number of phenolic OH excluding ortho intramolecular Hbond substituents is 1. The van der Waals surface area contributed by atoms with E-state index in [2.05, 4.69) is 0 Å². The van der Waals surface area contributed by atoms with Crippen LogP contribution in [0.4, 0.5) is 4.79 Å². The Labute approximate surface area is 268 Å². The van der Waals surface area contributed by atoms with Crippen LogP contribution in [-0.4, -0.2) is 56.5 Å². The summed E-state index contributed by atoms with van der Waals surface area (Å²) in [4.78, 5) is 56.4. The van der Waals surface area contributed by atoms with E-state index in [1.807, 2.05) is 20.8 Å². The van der Waals surface area contributed by atoms with Crippen LogP contribution in [-0.2, 0) is 53.7 Å². The van der Waals surface area contributed by atoms with E-state index < -0.39 is 17.7 Å². The average Bonchev–Trinajstić information content (AvgIpc) is 3.38. The van der Waals surface area contributed by atoms with Crippen molar-refractivity contribution in [3.8, 4) is 17.1 Å². The van der Waals surface area contributed by atoms with Gasteiger partial charge in [-0.1, -0.05) is 42.4 Å². The number of hydrogen-bond acceptors (Lipinski definition) is 12. The van der Waals surface area contributed by atoms with Crippen LogP contribution in [0.5, 0.6) is 5.75 Å². The van der Waals surface area contributed by atoms with E-state index in [9.17, 15) is 24.3 Å². The zero-order chi connectivity index (χ0) is 32.5. The fraction of sp³-hybridized carbons (Fsp3) is 0.469. The van der Waals surface area contributed by atoms with E-state index in [0.29, 0.717) is 35.5 Å². The van der Waals surface area contributed by atoms with Crippen LogP contribution < -0.4 is 5.56 Å². The van der Waals surface area contributed by atoms with Crippen molar-refractivity contribution in [2.75, 3.05) is 19.0 Å². The SMILES string of the molecule is CCC(=O)OCC(C)(C)SSCCOC(=O)O[C@]1(CC)C(=O)OCc2c1cc1n(c2=O)Cc2c-1nc1ccc(O)cc1c2CC. The maximum Gasteiger partial charge on any atom is 0.509 e. The summed E-state index contributed by atoms with van der Waals surface area (Å²) in [5.41, 5.74) is 1.92. The van der Waals surface area contributed by atoms with Gasteiger partial charge in [0.2, 0.25) is 5.60 Å². The number of carbonyl (C=O) groups is 3. The van der Waals surface area contributed by atoms with Crippen LogP contribution in [0.3, 0.4) is 0 Å². The Morgan fingerprint density at radius 1 is 1.13 bits per heavy atom. The van der Waals surface area contributed by atoms with Gasteiger partial charge in [0.25, 0.3) is 5.56 Å². The first kappa shape index (κ1) is 32.7. The molecule has 13 heteroatoms.